The zero-order valence-electron chi connectivity index (χ0n) is 8.19. The van der Waals surface area contributed by atoms with Gasteiger partial charge in [-0.25, -0.2) is 0 Å². The summed E-state index contributed by atoms with van der Waals surface area (Å²) < 4.78 is 5.39. The van der Waals surface area contributed by atoms with Crippen LogP contribution in [0.25, 0.3) is 0 Å². The van der Waals surface area contributed by atoms with E-state index in [1.807, 2.05) is 13.8 Å². The van der Waals surface area contributed by atoms with Crippen LogP contribution < -0.4 is 4.74 Å². The second kappa shape index (κ2) is 4.56. The lowest BCUT2D eigenvalue weighted by Crippen LogP contribution is -2.07. The van der Waals surface area contributed by atoms with Gasteiger partial charge in [0, 0.05) is 5.56 Å². The highest BCUT2D eigenvalue weighted by Gasteiger charge is 2.05. The molecule has 0 aliphatic rings. The van der Waals surface area contributed by atoms with Crippen LogP contribution in [0.1, 0.15) is 34.6 Å². The molecule has 0 spiro atoms. The number of carbonyl (C=O) groups excluding carboxylic acids is 2. The molecule has 0 heterocycles. The first kappa shape index (κ1) is 10.4. The third-order valence-corrected chi connectivity index (χ3v) is 1.66. The SMILES string of the molecule is CC(C)Oc1cc(C=O)ccc1C=O. The van der Waals surface area contributed by atoms with Crippen molar-refractivity contribution in [3.63, 3.8) is 0 Å². The van der Waals surface area contributed by atoms with Gasteiger partial charge >= 0.3 is 0 Å². The number of hydrogen-bond acceptors (Lipinski definition) is 3. The molecule has 0 fully saturated rings. The minimum absolute atomic E-state index is 0.0180. The van der Waals surface area contributed by atoms with Crippen molar-refractivity contribution in [1.29, 1.82) is 0 Å². The minimum Gasteiger partial charge on any atom is -0.490 e. The van der Waals surface area contributed by atoms with Gasteiger partial charge in [0.25, 0.3) is 0 Å². The molecule has 0 bridgehead atoms. The van der Waals surface area contributed by atoms with Gasteiger partial charge in [-0.05, 0) is 26.0 Å². The van der Waals surface area contributed by atoms with Crippen molar-refractivity contribution >= 4 is 12.6 Å². The number of carbonyl (C=O) groups is 2. The number of aldehydes is 2. The molecule has 14 heavy (non-hydrogen) atoms. The number of benzene rings is 1. The zero-order valence-corrected chi connectivity index (χ0v) is 8.19. The van der Waals surface area contributed by atoms with Crippen LogP contribution in [0.15, 0.2) is 18.2 Å². The predicted molar refractivity (Wildman–Crippen MR) is 53.0 cm³/mol. The van der Waals surface area contributed by atoms with Gasteiger partial charge in [-0.15, -0.1) is 0 Å². The molecule has 74 valence electrons. The quantitative estimate of drug-likeness (QED) is 0.686. The van der Waals surface area contributed by atoms with E-state index in [0.29, 0.717) is 23.2 Å². The highest BCUT2D eigenvalue weighted by atomic mass is 16.5. The Kier molecular flexibility index (Phi) is 3.40. The Morgan fingerprint density at radius 3 is 2.43 bits per heavy atom. The van der Waals surface area contributed by atoms with Crippen LogP contribution in [0.3, 0.4) is 0 Å². The number of rotatable bonds is 4. The van der Waals surface area contributed by atoms with Gasteiger partial charge in [0.2, 0.25) is 0 Å². The van der Waals surface area contributed by atoms with Gasteiger partial charge in [0.05, 0.1) is 11.7 Å². The van der Waals surface area contributed by atoms with Crippen LogP contribution in [0, 0.1) is 0 Å². The molecule has 3 nitrogen and oxygen atoms in total. The highest BCUT2D eigenvalue weighted by molar-refractivity contribution is 5.83. The normalized spacial score (nSPS) is 9.93. The maximum Gasteiger partial charge on any atom is 0.153 e. The molecule has 0 aromatic heterocycles. The lowest BCUT2D eigenvalue weighted by Gasteiger charge is -2.11. The molecule has 1 aromatic rings. The van der Waals surface area contributed by atoms with E-state index in [9.17, 15) is 9.59 Å². The van der Waals surface area contributed by atoms with E-state index in [0.717, 1.165) is 6.29 Å². The molecule has 0 aliphatic carbocycles. The fourth-order valence-electron chi connectivity index (χ4n) is 1.08. The third kappa shape index (κ3) is 2.42. The summed E-state index contributed by atoms with van der Waals surface area (Å²) in [5.41, 5.74) is 0.968. The van der Waals surface area contributed by atoms with Crippen molar-refractivity contribution in [1.82, 2.24) is 0 Å². The summed E-state index contributed by atoms with van der Waals surface area (Å²) in [4.78, 5) is 21.1. The molecule has 1 aromatic carbocycles. The molecule has 1 rings (SSSR count). The van der Waals surface area contributed by atoms with E-state index < -0.39 is 0 Å². The molecule has 0 atom stereocenters. The first-order valence-corrected chi connectivity index (χ1v) is 4.38. The monoisotopic (exact) mass is 192 g/mol. The molecule has 0 radical (unpaired) electrons. The van der Waals surface area contributed by atoms with Gasteiger partial charge in [-0.1, -0.05) is 6.07 Å². The Morgan fingerprint density at radius 2 is 1.93 bits per heavy atom. The van der Waals surface area contributed by atoms with Gasteiger partial charge in [0.15, 0.2) is 6.29 Å². The van der Waals surface area contributed by atoms with Crippen LogP contribution in [-0.2, 0) is 0 Å². The molecule has 0 N–H and O–H groups in total. The average molecular weight is 192 g/mol. The topological polar surface area (TPSA) is 43.4 Å². The average Bonchev–Trinajstić information content (AvgIpc) is 2.16. The van der Waals surface area contributed by atoms with Crippen LogP contribution in [0.4, 0.5) is 0 Å². The van der Waals surface area contributed by atoms with Gasteiger partial charge in [-0.3, -0.25) is 9.59 Å². The second-order valence-electron chi connectivity index (χ2n) is 3.20. The summed E-state index contributed by atoms with van der Waals surface area (Å²) in [6.07, 6.45) is 1.42. The lowest BCUT2D eigenvalue weighted by molar-refractivity contribution is 0.110. The molecule has 0 amide bonds. The van der Waals surface area contributed by atoms with E-state index in [1.165, 1.54) is 0 Å². The first-order valence-electron chi connectivity index (χ1n) is 4.38. The Balaban J connectivity index is 3.07. The van der Waals surface area contributed by atoms with Crippen LogP contribution in [0.2, 0.25) is 0 Å². The van der Waals surface area contributed by atoms with Crippen LogP contribution >= 0.6 is 0 Å². The summed E-state index contributed by atoms with van der Waals surface area (Å²) in [7, 11) is 0. The van der Waals surface area contributed by atoms with E-state index >= 15 is 0 Å². The third-order valence-electron chi connectivity index (χ3n) is 1.66. The summed E-state index contributed by atoms with van der Waals surface area (Å²) in [5, 5.41) is 0. The Morgan fingerprint density at radius 1 is 1.21 bits per heavy atom. The second-order valence-corrected chi connectivity index (χ2v) is 3.20. The predicted octanol–water partition coefficient (Wildman–Crippen LogP) is 2.10. The summed E-state index contributed by atoms with van der Waals surface area (Å²) in [6.45, 7) is 3.73. The summed E-state index contributed by atoms with van der Waals surface area (Å²) in [5.74, 6) is 0.458. The molecular formula is C11H12O3. The van der Waals surface area contributed by atoms with E-state index in [-0.39, 0.29) is 6.10 Å². The largest absolute Gasteiger partial charge is 0.490 e. The smallest absolute Gasteiger partial charge is 0.153 e. The molecular weight excluding hydrogens is 180 g/mol. The van der Waals surface area contributed by atoms with Crippen molar-refractivity contribution in [2.45, 2.75) is 20.0 Å². The Labute approximate surface area is 82.7 Å². The standard InChI is InChI=1S/C11H12O3/c1-8(2)14-11-5-9(6-12)3-4-10(11)7-13/h3-8H,1-2H3. The molecule has 3 heteroatoms. The van der Waals surface area contributed by atoms with Crippen molar-refractivity contribution in [3.8, 4) is 5.75 Å². The maximum atomic E-state index is 10.6. The fourth-order valence-corrected chi connectivity index (χ4v) is 1.08. The van der Waals surface area contributed by atoms with Crippen molar-refractivity contribution < 1.29 is 14.3 Å². The number of hydrogen-bond donors (Lipinski definition) is 0. The molecule has 0 unspecified atom stereocenters. The van der Waals surface area contributed by atoms with E-state index in [4.69, 9.17) is 4.74 Å². The van der Waals surface area contributed by atoms with Crippen molar-refractivity contribution in [2.24, 2.45) is 0 Å². The van der Waals surface area contributed by atoms with E-state index in [2.05, 4.69) is 0 Å². The molecule has 0 saturated carbocycles. The number of ether oxygens (including phenoxy) is 1. The zero-order chi connectivity index (χ0) is 10.6. The van der Waals surface area contributed by atoms with Crippen molar-refractivity contribution in [3.05, 3.63) is 29.3 Å². The maximum absolute atomic E-state index is 10.6. The minimum atomic E-state index is -0.0180. The van der Waals surface area contributed by atoms with Crippen LogP contribution in [0.5, 0.6) is 5.75 Å². The molecule has 0 saturated heterocycles. The summed E-state index contributed by atoms with van der Waals surface area (Å²) in [6, 6.07) is 4.73. The lowest BCUT2D eigenvalue weighted by atomic mass is 10.1. The van der Waals surface area contributed by atoms with Crippen molar-refractivity contribution in [2.75, 3.05) is 0 Å². The highest BCUT2D eigenvalue weighted by Crippen LogP contribution is 2.19. The molecule has 0 aliphatic heterocycles. The fraction of sp³-hybridized carbons (Fsp3) is 0.273. The van der Waals surface area contributed by atoms with Gasteiger partial charge in [0.1, 0.15) is 12.0 Å². The van der Waals surface area contributed by atoms with Gasteiger partial charge < -0.3 is 4.74 Å². The van der Waals surface area contributed by atoms with Crippen LogP contribution in [-0.4, -0.2) is 18.7 Å². The van der Waals surface area contributed by atoms with E-state index in [1.54, 1.807) is 18.2 Å². The Hall–Kier alpha value is -1.64. The van der Waals surface area contributed by atoms with Gasteiger partial charge in [-0.2, -0.15) is 0 Å². The Bertz CT molecular complexity index is 342. The summed E-state index contributed by atoms with van der Waals surface area (Å²) >= 11 is 0. The first-order chi connectivity index (χ1) is 6.67.